The molecule has 214 valence electrons. The largest absolute Gasteiger partial charge is 0.489 e. The van der Waals surface area contributed by atoms with Gasteiger partial charge in [0.25, 0.3) is 11.8 Å². The minimum atomic E-state index is -0.584. The number of aromatic nitrogens is 1. The predicted molar refractivity (Wildman–Crippen MR) is 161 cm³/mol. The van der Waals surface area contributed by atoms with Crippen molar-refractivity contribution in [3.63, 3.8) is 0 Å². The molecule has 1 aliphatic heterocycles. The van der Waals surface area contributed by atoms with Crippen LogP contribution in [0.1, 0.15) is 38.4 Å². The molecule has 0 aliphatic carbocycles. The molecule has 4 rings (SSSR count). The molecule has 40 heavy (non-hydrogen) atoms. The molecule has 0 spiro atoms. The minimum Gasteiger partial charge on any atom is -0.489 e. The van der Waals surface area contributed by atoms with Gasteiger partial charge < -0.3 is 25.4 Å². The van der Waals surface area contributed by atoms with Crippen LogP contribution in [0.2, 0.25) is 15.1 Å². The van der Waals surface area contributed by atoms with Gasteiger partial charge in [-0.2, -0.15) is 0 Å². The van der Waals surface area contributed by atoms with Crippen molar-refractivity contribution in [1.82, 2.24) is 14.8 Å². The summed E-state index contributed by atoms with van der Waals surface area (Å²) in [5.41, 5.74) is 0.988. The molecule has 0 unspecified atom stereocenters. The van der Waals surface area contributed by atoms with Gasteiger partial charge in [-0.3, -0.25) is 14.5 Å². The summed E-state index contributed by atoms with van der Waals surface area (Å²) in [6.45, 7) is 2.36. The van der Waals surface area contributed by atoms with Gasteiger partial charge in [0, 0.05) is 29.9 Å². The van der Waals surface area contributed by atoms with Crippen molar-refractivity contribution in [1.29, 1.82) is 0 Å². The number of pyridine rings is 1. The lowest BCUT2D eigenvalue weighted by Crippen LogP contribution is -2.41. The Bertz CT molecular complexity index is 1350. The number of halogens is 3. The molecular weight excluding hydrogens is 597 g/mol. The first-order valence-corrected chi connectivity index (χ1v) is 14.6. The second-order valence-electron chi connectivity index (χ2n) is 9.52. The second kappa shape index (κ2) is 14.0. The van der Waals surface area contributed by atoms with E-state index in [1.165, 1.54) is 29.7 Å². The number of hydrogen-bond donors (Lipinski definition) is 3. The quantitative estimate of drug-likeness (QED) is 0.273. The Labute approximate surface area is 252 Å². The summed E-state index contributed by atoms with van der Waals surface area (Å²) >= 11 is 20.1. The van der Waals surface area contributed by atoms with Crippen LogP contribution in [0.25, 0.3) is 0 Å². The van der Waals surface area contributed by atoms with E-state index in [0.29, 0.717) is 27.5 Å². The standard InChI is InChI=1S/C27H30Cl3N5O4S/c1-34-7-5-19(6-8-34)35(2)14-16-15-40-25(23(16)30)27(38)33-24-20(11-18(29)12-21(24)39-10-9-36)26(37)32-22-4-3-17(28)13-31-22/h3-4,11-13,15,19,36H,5-10,14H2,1-2H3,(H,33,38)(H,31,32,37). The van der Waals surface area contributed by atoms with E-state index in [9.17, 15) is 14.7 Å². The molecule has 9 nitrogen and oxygen atoms in total. The van der Waals surface area contributed by atoms with Gasteiger partial charge in [-0.25, -0.2) is 4.98 Å². The number of carbonyl (C=O) groups is 2. The number of hydrogen-bond acceptors (Lipinski definition) is 8. The van der Waals surface area contributed by atoms with Crippen molar-refractivity contribution < 1.29 is 19.4 Å². The first kappa shape index (κ1) is 30.5. The lowest BCUT2D eigenvalue weighted by Gasteiger charge is -2.35. The molecule has 0 bridgehead atoms. The Morgan fingerprint density at radius 3 is 2.58 bits per heavy atom. The number of ether oxygens (including phenoxy) is 1. The van der Waals surface area contributed by atoms with Crippen LogP contribution in [0.4, 0.5) is 11.5 Å². The first-order valence-electron chi connectivity index (χ1n) is 12.6. The minimum absolute atomic E-state index is 0.0421. The van der Waals surface area contributed by atoms with Gasteiger partial charge in [-0.05, 0) is 69.2 Å². The highest BCUT2D eigenvalue weighted by molar-refractivity contribution is 7.13. The third-order valence-corrected chi connectivity index (χ3v) is 8.62. The second-order valence-corrected chi connectivity index (χ2v) is 11.7. The number of nitrogens with zero attached hydrogens (tertiary/aromatic N) is 3. The predicted octanol–water partition coefficient (Wildman–Crippen LogP) is 5.51. The van der Waals surface area contributed by atoms with E-state index in [4.69, 9.17) is 39.5 Å². The molecule has 1 aliphatic rings. The van der Waals surface area contributed by atoms with Crippen LogP contribution >= 0.6 is 46.1 Å². The summed E-state index contributed by atoms with van der Waals surface area (Å²) in [7, 11) is 4.20. The Morgan fingerprint density at radius 2 is 1.90 bits per heavy atom. The number of rotatable bonds is 10. The fourth-order valence-corrected chi connectivity index (χ4v) is 6.00. The molecule has 13 heteroatoms. The van der Waals surface area contributed by atoms with Gasteiger partial charge >= 0.3 is 0 Å². The molecule has 1 fully saturated rings. The number of nitrogens with one attached hydrogen (secondary N) is 2. The van der Waals surface area contributed by atoms with Crippen LogP contribution in [0.3, 0.4) is 0 Å². The molecule has 0 atom stereocenters. The fourth-order valence-electron chi connectivity index (χ4n) is 4.44. The van der Waals surface area contributed by atoms with Crippen LogP contribution < -0.4 is 15.4 Å². The molecule has 3 aromatic rings. The number of likely N-dealkylation sites (tertiary alicyclic amines) is 1. The number of thiophene rings is 1. The summed E-state index contributed by atoms with van der Waals surface area (Å²) < 4.78 is 5.62. The van der Waals surface area contributed by atoms with Gasteiger partial charge in [0.1, 0.15) is 23.1 Å². The van der Waals surface area contributed by atoms with Gasteiger partial charge in [0.15, 0.2) is 0 Å². The summed E-state index contributed by atoms with van der Waals surface area (Å²) in [5.74, 6) is -0.708. The fraction of sp³-hybridized carbons (Fsp3) is 0.370. The number of aliphatic hydroxyl groups excluding tert-OH is 1. The number of anilines is 2. The molecular formula is C27H30Cl3N5O4S. The topological polar surface area (TPSA) is 107 Å². The zero-order chi connectivity index (χ0) is 28.8. The molecule has 0 saturated carbocycles. The SMILES string of the molecule is CN1CCC(N(C)Cc2csc(C(=O)Nc3c(OCCO)cc(Cl)cc3C(=O)Nc3ccc(Cl)cn3)c2Cl)CC1. The van der Waals surface area contributed by atoms with E-state index in [1.54, 1.807) is 12.1 Å². The Balaban J connectivity index is 1.57. The van der Waals surface area contributed by atoms with Crippen LogP contribution in [-0.2, 0) is 6.54 Å². The average molecular weight is 627 g/mol. The summed E-state index contributed by atoms with van der Waals surface area (Å²) in [5, 5.41) is 17.6. The molecule has 1 saturated heterocycles. The van der Waals surface area contributed by atoms with Crippen LogP contribution in [0.5, 0.6) is 5.75 Å². The van der Waals surface area contributed by atoms with Gasteiger partial charge in [0.05, 0.1) is 27.9 Å². The number of benzene rings is 1. The maximum absolute atomic E-state index is 13.5. The van der Waals surface area contributed by atoms with Crippen molar-refractivity contribution in [3.05, 3.63) is 66.9 Å². The molecule has 3 heterocycles. The molecule has 2 amide bonds. The molecule has 1 aromatic carbocycles. The lowest BCUT2D eigenvalue weighted by atomic mass is 10.0. The Morgan fingerprint density at radius 1 is 1.15 bits per heavy atom. The van der Waals surface area contributed by atoms with Gasteiger partial charge in [0.2, 0.25) is 0 Å². The van der Waals surface area contributed by atoms with E-state index in [2.05, 4.69) is 39.5 Å². The highest BCUT2D eigenvalue weighted by Crippen LogP contribution is 2.36. The van der Waals surface area contributed by atoms with E-state index < -0.39 is 11.8 Å². The smallest absolute Gasteiger partial charge is 0.267 e. The molecule has 3 N–H and O–H groups in total. The van der Waals surface area contributed by atoms with Crippen LogP contribution in [-0.4, -0.2) is 78.1 Å². The Hall–Kier alpha value is -2.44. The van der Waals surface area contributed by atoms with Crippen molar-refractivity contribution >= 4 is 69.5 Å². The zero-order valence-corrected chi connectivity index (χ0v) is 25.1. The van der Waals surface area contributed by atoms with Gasteiger partial charge in [-0.1, -0.05) is 34.8 Å². The lowest BCUT2D eigenvalue weighted by molar-refractivity contribution is 0.102. The average Bonchev–Trinajstić information content (AvgIpc) is 3.29. The van der Waals surface area contributed by atoms with E-state index in [-0.39, 0.29) is 41.1 Å². The van der Waals surface area contributed by atoms with Crippen molar-refractivity contribution in [3.8, 4) is 5.75 Å². The van der Waals surface area contributed by atoms with Crippen molar-refractivity contribution in [2.75, 3.05) is 51.0 Å². The number of piperidine rings is 1. The van der Waals surface area contributed by atoms with E-state index in [1.807, 2.05) is 5.38 Å². The molecule has 2 aromatic heterocycles. The number of amides is 2. The summed E-state index contributed by atoms with van der Waals surface area (Å²) in [6.07, 6.45) is 3.55. The molecule has 0 radical (unpaired) electrons. The highest BCUT2D eigenvalue weighted by atomic mass is 35.5. The maximum Gasteiger partial charge on any atom is 0.267 e. The van der Waals surface area contributed by atoms with Crippen LogP contribution in [0, 0.1) is 0 Å². The van der Waals surface area contributed by atoms with E-state index in [0.717, 1.165) is 31.5 Å². The van der Waals surface area contributed by atoms with E-state index >= 15 is 0 Å². The number of carbonyl (C=O) groups excluding carboxylic acids is 2. The van der Waals surface area contributed by atoms with Crippen molar-refractivity contribution in [2.24, 2.45) is 0 Å². The third kappa shape index (κ3) is 7.64. The Kier molecular flexibility index (Phi) is 10.6. The maximum atomic E-state index is 13.5. The normalized spacial score (nSPS) is 14.4. The van der Waals surface area contributed by atoms with Gasteiger partial charge in [-0.15, -0.1) is 11.3 Å². The summed E-state index contributed by atoms with van der Waals surface area (Å²) in [6, 6.07) is 6.44. The van der Waals surface area contributed by atoms with Crippen LogP contribution in [0.15, 0.2) is 35.8 Å². The number of aliphatic hydroxyl groups is 1. The summed E-state index contributed by atoms with van der Waals surface area (Å²) in [4.78, 5) is 35.7. The highest BCUT2D eigenvalue weighted by Gasteiger charge is 2.26. The monoisotopic (exact) mass is 625 g/mol. The third-order valence-electron chi connectivity index (χ3n) is 6.61. The van der Waals surface area contributed by atoms with Crippen molar-refractivity contribution in [2.45, 2.75) is 25.4 Å². The zero-order valence-electron chi connectivity index (χ0n) is 22.0. The first-order chi connectivity index (χ1) is 19.2.